The summed E-state index contributed by atoms with van der Waals surface area (Å²) >= 11 is 1.65. The third kappa shape index (κ3) is 2.27. The van der Waals surface area contributed by atoms with Crippen molar-refractivity contribution in [3.05, 3.63) is 23.8 Å². The summed E-state index contributed by atoms with van der Waals surface area (Å²) in [6.45, 7) is 0.693. The maximum absolute atomic E-state index is 11.5. The highest BCUT2D eigenvalue weighted by molar-refractivity contribution is 7.99. The number of amides is 1. The van der Waals surface area contributed by atoms with Gasteiger partial charge in [-0.25, -0.2) is 0 Å². The largest absolute Gasteiger partial charge is 0.492 e. The molecule has 1 heterocycles. The van der Waals surface area contributed by atoms with Gasteiger partial charge in [0, 0.05) is 11.3 Å². The maximum atomic E-state index is 11.5. The van der Waals surface area contributed by atoms with Crippen LogP contribution in [-0.2, 0) is 0 Å². The lowest BCUT2D eigenvalue weighted by atomic mass is 10.2. The second kappa shape index (κ2) is 4.44. The normalized spacial score (nSPS) is 13.5. The van der Waals surface area contributed by atoms with E-state index in [9.17, 15) is 4.79 Å². The molecule has 84 valence electrons. The Labute approximate surface area is 96.9 Å². The summed E-state index contributed by atoms with van der Waals surface area (Å²) < 4.78 is 5.42. The van der Waals surface area contributed by atoms with Crippen LogP contribution in [-0.4, -0.2) is 24.2 Å². The highest BCUT2D eigenvalue weighted by Crippen LogP contribution is 2.33. The molecule has 0 unspecified atom stereocenters. The molecule has 1 aromatic rings. The number of ether oxygens (including phenoxy) is 1. The van der Waals surface area contributed by atoms with Crippen LogP contribution in [0.15, 0.2) is 28.1 Å². The minimum Gasteiger partial charge on any atom is -0.492 e. The molecule has 1 amide bonds. The zero-order valence-electron chi connectivity index (χ0n) is 8.47. The van der Waals surface area contributed by atoms with Gasteiger partial charge in [0.15, 0.2) is 5.96 Å². The van der Waals surface area contributed by atoms with Crippen molar-refractivity contribution in [2.75, 3.05) is 12.4 Å². The van der Waals surface area contributed by atoms with E-state index in [0.717, 1.165) is 16.4 Å². The molecule has 6 heteroatoms. The molecule has 0 saturated heterocycles. The molecule has 1 aliphatic heterocycles. The van der Waals surface area contributed by atoms with Crippen LogP contribution in [0.3, 0.4) is 0 Å². The minimum atomic E-state index is -0.436. The van der Waals surface area contributed by atoms with E-state index in [0.29, 0.717) is 12.2 Å². The SMILES string of the molecule is NC(N)=NC(=O)c1ccc2c(c1)SCCO2. The van der Waals surface area contributed by atoms with Crippen molar-refractivity contribution < 1.29 is 9.53 Å². The Kier molecular flexibility index (Phi) is 3.00. The third-order valence-electron chi connectivity index (χ3n) is 2.02. The maximum Gasteiger partial charge on any atom is 0.280 e. The molecule has 0 aliphatic carbocycles. The summed E-state index contributed by atoms with van der Waals surface area (Å²) in [5, 5.41) is 0. The molecule has 2 rings (SSSR count). The van der Waals surface area contributed by atoms with Gasteiger partial charge in [0.25, 0.3) is 5.91 Å². The van der Waals surface area contributed by atoms with Crippen LogP contribution in [0.2, 0.25) is 0 Å². The summed E-state index contributed by atoms with van der Waals surface area (Å²) in [4.78, 5) is 16.0. The molecular weight excluding hydrogens is 226 g/mol. The third-order valence-corrected chi connectivity index (χ3v) is 3.02. The first kappa shape index (κ1) is 10.8. The second-order valence-corrected chi connectivity index (χ2v) is 4.34. The first-order valence-corrected chi connectivity index (χ1v) is 5.69. The predicted octanol–water partition coefficient (Wildman–Crippen LogP) is 0.585. The van der Waals surface area contributed by atoms with E-state index in [1.54, 1.807) is 30.0 Å². The quantitative estimate of drug-likeness (QED) is 0.551. The van der Waals surface area contributed by atoms with E-state index in [-0.39, 0.29) is 5.96 Å². The van der Waals surface area contributed by atoms with Gasteiger partial charge < -0.3 is 16.2 Å². The van der Waals surface area contributed by atoms with Gasteiger partial charge in [0.2, 0.25) is 0 Å². The number of benzene rings is 1. The zero-order chi connectivity index (χ0) is 11.5. The Hall–Kier alpha value is -1.69. The summed E-state index contributed by atoms with van der Waals surface area (Å²) in [6.07, 6.45) is 0. The van der Waals surface area contributed by atoms with E-state index in [4.69, 9.17) is 16.2 Å². The van der Waals surface area contributed by atoms with E-state index in [1.165, 1.54) is 0 Å². The monoisotopic (exact) mass is 237 g/mol. The number of nitrogens with zero attached hydrogens (tertiary/aromatic N) is 1. The number of hydrogen-bond acceptors (Lipinski definition) is 3. The number of aliphatic imine (C=N–C) groups is 1. The van der Waals surface area contributed by atoms with E-state index in [1.807, 2.05) is 0 Å². The Bertz CT molecular complexity index is 455. The molecule has 16 heavy (non-hydrogen) atoms. The fraction of sp³-hybridized carbons (Fsp3) is 0.200. The lowest BCUT2D eigenvalue weighted by Crippen LogP contribution is -2.24. The van der Waals surface area contributed by atoms with Crippen LogP contribution in [0.1, 0.15) is 10.4 Å². The summed E-state index contributed by atoms with van der Waals surface area (Å²) in [5.74, 6) is 1.02. The van der Waals surface area contributed by atoms with Crippen molar-refractivity contribution in [1.82, 2.24) is 0 Å². The minimum absolute atomic E-state index is 0.230. The molecule has 0 fully saturated rings. The van der Waals surface area contributed by atoms with Crippen molar-refractivity contribution in [3.8, 4) is 5.75 Å². The predicted molar refractivity (Wildman–Crippen MR) is 62.8 cm³/mol. The molecule has 0 aromatic heterocycles. The number of fused-ring (bicyclic) bond motifs is 1. The second-order valence-electron chi connectivity index (χ2n) is 3.20. The van der Waals surface area contributed by atoms with E-state index in [2.05, 4.69) is 4.99 Å². The molecule has 0 bridgehead atoms. The lowest BCUT2D eigenvalue weighted by Gasteiger charge is -2.16. The topological polar surface area (TPSA) is 90.7 Å². The van der Waals surface area contributed by atoms with Crippen LogP contribution < -0.4 is 16.2 Å². The van der Waals surface area contributed by atoms with Crippen LogP contribution in [0.25, 0.3) is 0 Å². The molecule has 0 atom stereocenters. The summed E-state index contributed by atoms with van der Waals surface area (Å²) in [6, 6.07) is 5.16. The molecule has 5 nitrogen and oxygen atoms in total. The van der Waals surface area contributed by atoms with Gasteiger partial charge >= 0.3 is 0 Å². The fourth-order valence-corrected chi connectivity index (χ4v) is 2.22. The summed E-state index contributed by atoms with van der Waals surface area (Å²) in [7, 11) is 0. The first-order chi connectivity index (χ1) is 7.66. The lowest BCUT2D eigenvalue weighted by molar-refractivity contribution is 0.100. The number of carbonyl (C=O) groups excluding carboxylic acids is 1. The van der Waals surface area contributed by atoms with Gasteiger partial charge in [-0.2, -0.15) is 4.99 Å². The highest BCUT2D eigenvalue weighted by Gasteiger charge is 2.13. The fourth-order valence-electron chi connectivity index (χ4n) is 1.36. The van der Waals surface area contributed by atoms with Crippen LogP contribution in [0, 0.1) is 0 Å². The molecular formula is C10H11N3O2S. The van der Waals surface area contributed by atoms with Gasteiger partial charge in [-0.1, -0.05) is 0 Å². The van der Waals surface area contributed by atoms with Crippen molar-refractivity contribution in [1.29, 1.82) is 0 Å². The number of guanidine groups is 1. The average molecular weight is 237 g/mol. The van der Waals surface area contributed by atoms with Crippen LogP contribution >= 0.6 is 11.8 Å². The van der Waals surface area contributed by atoms with Crippen molar-refractivity contribution in [3.63, 3.8) is 0 Å². The molecule has 0 spiro atoms. The molecule has 0 radical (unpaired) electrons. The van der Waals surface area contributed by atoms with Crippen molar-refractivity contribution in [2.45, 2.75) is 4.90 Å². The van der Waals surface area contributed by atoms with E-state index < -0.39 is 5.91 Å². The standard InChI is InChI=1S/C10H11N3O2S/c11-10(12)13-9(14)6-1-2-7-8(5-6)16-4-3-15-7/h1-2,5H,3-4H2,(H4,11,12,13,14). The van der Waals surface area contributed by atoms with Gasteiger partial charge in [-0.15, -0.1) is 11.8 Å². The number of nitrogens with two attached hydrogens (primary N) is 2. The number of hydrogen-bond donors (Lipinski definition) is 2. The van der Waals surface area contributed by atoms with E-state index >= 15 is 0 Å². The van der Waals surface area contributed by atoms with Gasteiger partial charge in [-0.3, -0.25) is 4.79 Å². The molecule has 0 saturated carbocycles. The Morgan fingerprint density at radius 2 is 2.25 bits per heavy atom. The zero-order valence-corrected chi connectivity index (χ0v) is 9.29. The molecule has 1 aromatic carbocycles. The van der Waals surface area contributed by atoms with Crippen LogP contribution in [0.4, 0.5) is 0 Å². The Morgan fingerprint density at radius 3 is 3.00 bits per heavy atom. The number of rotatable bonds is 1. The summed E-state index contributed by atoms with van der Waals surface area (Å²) in [5.41, 5.74) is 10.8. The van der Waals surface area contributed by atoms with Gasteiger partial charge in [-0.05, 0) is 18.2 Å². The van der Waals surface area contributed by atoms with Crippen molar-refractivity contribution >= 4 is 23.6 Å². The number of carbonyl (C=O) groups is 1. The average Bonchev–Trinajstić information content (AvgIpc) is 2.27. The first-order valence-electron chi connectivity index (χ1n) is 4.70. The van der Waals surface area contributed by atoms with Gasteiger partial charge in [0.05, 0.1) is 11.5 Å². The molecule has 4 N–H and O–H groups in total. The molecule has 1 aliphatic rings. The Balaban J connectivity index is 2.30. The van der Waals surface area contributed by atoms with Crippen LogP contribution in [0.5, 0.6) is 5.75 Å². The van der Waals surface area contributed by atoms with Gasteiger partial charge in [0.1, 0.15) is 5.75 Å². The highest BCUT2D eigenvalue weighted by atomic mass is 32.2. The Morgan fingerprint density at radius 1 is 1.44 bits per heavy atom. The number of thioether (sulfide) groups is 1. The smallest absolute Gasteiger partial charge is 0.280 e. The van der Waals surface area contributed by atoms with Crippen molar-refractivity contribution in [2.24, 2.45) is 16.5 Å².